The summed E-state index contributed by atoms with van der Waals surface area (Å²) in [5.74, 6) is -0.854. The predicted octanol–water partition coefficient (Wildman–Crippen LogP) is 4.55. The number of fused-ring (bicyclic) bond motifs is 1. The number of rotatable bonds is 4. The van der Waals surface area contributed by atoms with Gasteiger partial charge in [-0.2, -0.15) is 0 Å². The van der Waals surface area contributed by atoms with E-state index in [1.54, 1.807) is 11.3 Å². The zero-order valence-electron chi connectivity index (χ0n) is 14.5. The number of aromatic nitrogens is 2. The number of aliphatic carboxylic acids is 1. The fourth-order valence-corrected chi connectivity index (χ4v) is 3.93. The van der Waals surface area contributed by atoms with Crippen LogP contribution >= 0.6 is 11.3 Å². The normalized spacial score (nSPS) is 12.0. The fourth-order valence-electron chi connectivity index (χ4n) is 2.84. The number of carbonyl (C=O) groups is 1. The van der Waals surface area contributed by atoms with E-state index in [2.05, 4.69) is 56.9 Å². The van der Waals surface area contributed by atoms with Crippen molar-refractivity contribution in [1.82, 2.24) is 9.38 Å². The van der Waals surface area contributed by atoms with E-state index in [1.807, 2.05) is 10.6 Å². The van der Waals surface area contributed by atoms with Crippen LogP contribution in [0.5, 0.6) is 0 Å². The highest BCUT2D eigenvalue weighted by atomic mass is 32.1. The third-order valence-electron chi connectivity index (χ3n) is 4.12. The molecular formula is C19H22N2O2S. The molecule has 0 bridgehead atoms. The molecule has 3 rings (SSSR count). The first-order valence-corrected chi connectivity index (χ1v) is 8.93. The summed E-state index contributed by atoms with van der Waals surface area (Å²) in [6.07, 6.45) is 2.74. The molecule has 4 nitrogen and oxygen atoms in total. The molecule has 2 heterocycles. The lowest BCUT2D eigenvalue weighted by Gasteiger charge is -2.19. The first kappa shape index (κ1) is 16.7. The van der Waals surface area contributed by atoms with Crippen LogP contribution in [-0.2, 0) is 23.1 Å². The number of benzene rings is 1. The Hall–Kier alpha value is -2.14. The van der Waals surface area contributed by atoms with E-state index in [1.165, 1.54) is 10.4 Å². The van der Waals surface area contributed by atoms with Crippen molar-refractivity contribution >= 4 is 22.3 Å². The maximum atomic E-state index is 10.9. The van der Waals surface area contributed by atoms with Gasteiger partial charge in [-0.1, -0.05) is 52.0 Å². The lowest BCUT2D eigenvalue weighted by atomic mass is 9.86. The molecule has 126 valence electrons. The summed E-state index contributed by atoms with van der Waals surface area (Å²) in [6.45, 7) is 8.75. The SMILES string of the molecule is CCc1sc2nc(CC(=O)O)cn2c1-c1ccc(C(C)(C)C)cc1. The molecular weight excluding hydrogens is 320 g/mol. The molecule has 0 spiro atoms. The van der Waals surface area contributed by atoms with Gasteiger partial charge in [-0.15, -0.1) is 11.3 Å². The van der Waals surface area contributed by atoms with Crippen LogP contribution in [0.2, 0.25) is 0 Å². The van der Waals surface area contributed by atoms with Gasteiger partial charge in [0.25, 0.3) is 0 Å². The van der Waals surface area contributed by atoms with Crippen LogP contribution in [0.3, 0.4) is 0 Å². The van der Waals surface area contributed by atoms with Crippen molar-refractivity contribution in [3.05, 3.63) is 46.6 Å². The van der Waals surface area contributed by atoms with E-state index >= 15 is 0 Å². The number of hydrogen-bond donors (Lipinski definition) is 1. The van der Waals surface area contributed by atoms with Crippen molar-refractivity contribution in [2.45, 2.75) is 46.0 Å². The first-order chi connectivity index (χ1) is 11.3. The highest BCUT2D eigenvalue weighted by Gasteiger charge is 2.18. The van der Waals surface area contributed by atoms with E-state index in [4.69, 9.17) is 5.11 Å². The molecule has 0 aliphatic carbocycles. The second-order valence-electron chi connectivity index (χ2n) is 7.01. The third kappa shape index (κ3) is 3.08. The highest BCUT2D eigenvalue weighted by Crippen LogP contribution is 2.34. The number of imidazole rings is 1. The van der Waals surface area contributed by atoms with Crippen LogP contribution < -0.4 is 0 Å². The quantitative estimate of drug-likeness (QED) is 0.757. The Balaban J connectivity index is 2.09. The monoisotopic (exact) mass is 342 g/mol. The molecule has 24 heavy (non-hydrogen) atoms. The van der Waals surface area contributed by atoms with Gasteiger partial charge in [0, 0.05) is 11.1 Å². The van der Waals surface area contributed by atoms with Crippen LogP contribution in [0.15, 0.2) is 30.5 Å². The second kappa shape index (κ2) is 6.06. The predicted molar refractivity (Wildman–Crippen MR) is 97.9 cm³/mol. The summed E-state index contributed by atoms with van der Waals surface area (Å²) >= 11 is 1.64. The molecule has 0 atom stereocenters. The molecule has 2 aromatic heterocycles. The van der Waals surface area contributed by atoms with Crippen molar-refractivity contribution in [1.29, 1.82) is 0 Å². The Morgan fingerprint density at radius 2 is 1.92 bits per heavy atom. The van der Waals surface area contributed by atoms with Crippen LogP contribution in [0.25, 0.3) is 16.2 Å². The Bertz CT molecular complexity index is 883. The number of hydrogen-bond acceptors (Lipinski definition) is 3. The van der Waals surface area contributed by atoms with E-state index in [0.717, 1.165) is 22.6 Å². The second-order valence-corrected chi connectivity index (χ2v) is 8.07. The molecule has 0 unspecified atom stereocenters. The van der Waals surface area contributed by atoms with Crippen LogP contribution in [0.1, 0.15) is 43.8 Å². The lowest BCUT2D eigenvalue weighted by molar-refractivity contribution is -0.136. The van der Waals surface area contributed by atoms with Gasteiger partial charge in [0.15, 0.2) is 4.96 Å². The minimum atomic E-state index is -0.854. The van der Waals surface area contributed by atoms with E-state index < -0.39 is 5.97 Å². The number of carboxylic acid groups (broad SMARTS) is 1. The Kier molecular flexibility index (Phi) is 4.22. The summed E-state index contributed by atoms with van der Waals surface area (Å²) in [4.78, 5) is 17.5. The van der Waals surface area contributed by atoms with Gasteiger partial charge in [0.1, 0.15) is 0 Å². The lowest BCUT2D eigenvalue weighted by Crippen LogP contribution is -2.10. The van der Waals surface area contributed by atoms with E-state index in [0.29, 0.717) is 5.69 Å². The van der Waals surface area contributed by atoms with Crippen molar-refractivity contribution < 1.29 is 9.90 Å². The Morgan fingerprint density at radius 3 is 2.46 bits per heavy atom. The van der Waals surface area contributed by atoms with Crippen molar-refractivity contribution in [3.63, 3.8) is 0 Å². The van der Waals surface area contributed by atoms with Gasteiger partial charge >= 0.3 is 5.97 Å². The molecule has 0 aliphatic heterocycles. The standard InChI is InChI=1S/C19H22N2O2S/c1-5-15-17(12-6-8-13(9-7-12)19(2,3)4)21-11-14(10-16(22)23)20-18(21)24-15/h6-9,11H,5,10H2,1-4H3,(H,22,23). The summed E-state index contributed by atoms with van der Waals surface area (Å²) < 4.78 is 2.04. The maximum absolute atomic E-state index is 10.9. The maximum Gasteiger partial charge on any atom is 0.309 e. The van der Waals surface area contributed by atoms with Crippen molar-refractivity contribution in [3.8, 4) is 11.3 Å². The molecule has 0 saturated heterocycles. The molecule has 1 aromatic carbocycles. The number of thiazole rings is 1. The number of nitrogens with zero attached hydrogens (tertiary/aromatic N) is 2. The minimum absolute atomic E-state index is 0.0434. The van der Waals surface area contributed by atoms with E-state index in [-0.39, 0.29) is 11.8 Å². The zero-order chi connectivity index (χ0) is 17.5. The van der Waals surface area contributed by atoms with Gasteiger partial charge in [-0.25, -0.2) is 4.98 Å². The Morgan fingerprint density at radius 1 is 1.25 bits per heavy atom. The summed E-state index contributed by atoms with van der Waals surface area (Å²) in [5, 5.41) is 8.98. The topological polar surface area (TPSA) is 54.6 Å². The van der Waals surface area contributed by atoms with Gasteiger partial charge in [-0.05, 0) is 23.0 Å². The average molecular weight is 342 g/mol. The molecule has 1 N–H and O–H groups in total. The molecule has 0 radical (unpaired) electrons. The van der Waals surface area contributed by atoms with Gasteiger partial charge in [-0.3, -0.25) is 9.20 Å². The number of aryl methyl sites for hydroxylation is 1. The number of carboxylic acids is 1. The third-order valence-corrected chi connectivity index (χ3v) is 5.32. The van der Waals surface area contributed by atoms with Crippen LogP contribution in [-0.4, -0.2) is 20.5 Å². The molecule has 5 heteroatoms. The van der Waals surface area contributed by atoms with Gasteiger partial charge in [0.2, 0.25) is 0 Å². The highest BCUT2D eigenvalue weighted by molar-refractivity contribution is 7.17. The fraction of sp³-hybridized carbons (Fsp3) is 0.368. The minimum Gasteiger partial charge on any atom is -0.481 e. The summed E-state index contributed by atoms with van der Waals surface area (Å²) in [5.41, 5.74) is 4.30. The van der Waals surface area contributed by atoms with Crippen LogP contribution in [0, 0.1) is 0 Å². The van der Waals surface area contributed by atoms with Crippen molar-refractivity contribution in [2.24, 2.45) is 0 Å². The first-order valence-electron chi connectivity index (χ1n) is 8.12. The smallest absolute Gasteiger partial charge is 0.309 e. The average Bonchev–Trinajstić information content (AvgIpc) is 3.02. The zero-order valence-corrected chi connectivity index (χ0v) is 15.3. The van der Waals surface area contributed by atoms with Gasteiger partial charge < -0.3 is 5.11 Å². The molecule has 0 saturated carbocycles. The largest absolute Gasteiger partial charge is 0.481 e. The molecule has 3 aromatic rings. The van der Waals surface area contributed by atoms with Gasteiger partial charge in [0.05, 0.1) is 17.8 Å². The molecule has 0 amide bonds. The molecule has 0 fully saturated rings. The van der Waals surface area contributed by atoms with E-state index in [9.17, 15) is 4.79 Å². The van der Waals surface area contributed by atoms with Crippen LogP contribution in [0.4, 0.5) is 0 Å². The summed E-state index contributed by atoms with van der Waals surface area (Å²) in [7, 11) is 0. The van der Waals surface area contributed by atoms with Crippen molar-refractivity contribution in [2.75, 3.05) is 0 Å². The Labute approximate surface area is 145 Å². The molecule has 0 aliphatic rings. The summed E-state index contributed by atoms with van der Waals surface area (Å²) in [6, 6.07) is 8.65.